The Kier molecular flexibility index (Phi) is 7.63. The maximum Gasteiger partial charge on any atom is 0.123 e. The van der Waals surface area contributed by atoms with Gasteiger partial charge >= 0.3 is 0 Å². The first kappa shape index (κ1) is 34.2. The van der Waals surface area contributed by atoms with Gasteiger partial charge in [-0.25, -0.2) is 8.78 Å². The van der Waals surface area contributed by atoms with Gasteiger partial charge in [-0.3, -0.25) is 0 Å². The lowest BCUT2D eigenvalue weighted by Crippen LogP contribution is -1.94. The van der Waals surface area contributed by atoms with Gasteiger partial charge in [-0.2, -0.15) is 0 Å². The average Bonchev–Trinajstić information content (AvgIpc) is 3.82. The van der Waals surface area contributed by atoms with Crippen LogP contribution in [-0.4, -0.2) is 9.13 Å². The first-order valence-electron chi connectivity index (χ1n) is 20.2. The molecule has 2 aromatic heterocycles. The molecule has 12 aromatic rings. The molecule has 0 aliphatic carbocycles. The SMILES string of the molecule is Fc1ccc(-n2c3ccccc3c3cc(-c4ccc(-c5ccc(-c6cccc7c6c6ccccc6n7-c6ccc(F)cc6)c6ccccc56)c5ccccc45)ccc32)cc1. The minimum Gasteiger partial charge on any atom is -0.309 e. The van der Waals surface area contributed by atoms with Gasteiger partial charge in [-0.05, 0) is 134 Å². The standard InChI is InChI=1S/C56H34F2N2/c57-36-21-25-38(26-22-36)59-52-17-7-5-14-48(52)51-34-35(20-33-54(51)59)40-29-30-45(42-11-2-1-10-41(40)42)46-31-32-47(44-13-4-3-12-43(44)46)49-16-9-19-55-56(49)50-15-6-8-18-53(50)60(55)39-27-23-37(58)24-28-39/h1-34H. The summed E-state index contributed by atoms with van der Waals surface area (Å²) in [6.45, 7) is 0. The Morgan fingerprint density at radius 2 is 0.683 bits per heavy atom. The predicted molar refractivity (Wildman–Crippen MR) is 246 cm³/mol. The van der Waals surface area contributed by atoms with Crippen molar-refractivity contribution in [3.63, 3.8) is 0 Å². The molecule has 0 saturated heterocycles. The second kappa shape index (κ2) is 13.4. The molecular weight excluding hydrogens is 739 g/mol. The number of hydrogen-bond acceptors (Lipinski definition) is 0. The molecule has 0 aliphatic heterocycles. The second-order valence-corrected chi connectivity index (χ2v) is 15.5. The summed E-state index contributed by atoms with van der Waals surface area (Å²) in [5.74, 6) is -0.498. The van der Waals surface area contributed by atoms with Crippen LogP contribution >= 0.6 is 0 Å². The third-order valence-corrected chi connectivity index (χ3v) is 12.3. The third-order valence-electron chi connectivity index (χ3n) is 12.3. The van der Waals surface area contributed by atoms with E-state index in [2.05, 4.69) is 167 Å². The van der Waals surface area contributed by atoms with E-state index in [9.17, 15) is 8.78 Å². The third kappa shape index (κ3) is 5.17. The molecule has 282 valence electrons. The van der Waals surface area contributed by atoms with Crippen LogP contribution in [-0.2, 0) is 0 Å². The second-order valence-electron chi connectivity index (χ2n) is 15.5. The number of aromatic nitrogens is 2. The molecule has 60 heavy (non-hydrogen) atoms. The van der Waals surface area contributed by atoms with E-state index in [0.29, 0.717) is 0 Å². The summed E-state index contributed by atoms with van der Waals surface area (Å²) in [7, 11) is 0. The molecule has 0 atom stereocenters. The Morgan fingerprint density at radius 1 is 0.267 bits per heavy atom. The summed E-state index contributed by atoms with van der Waals surface area (Å²) in [5.41, 5.74) is 13.2. The van der Waals surface area contributed by atoms with Crippen LogP contribution in [0, 0.1) is 11.6 Å². The maximum absolute atomic E-state index is 14.1. The van der Waals surface area contributed by atoms with Crippen LogP contribution in [0.5, 0.6) is 0 Å². The van der Waals surface area contributed by atoms with Gasteiger partial charge in [0.15, 0.2) is 0 Å². The number of benzene rings is 10. The van der Waals surface area contributed by atoms with Crippen molar-refractivity contribution in [1.29, 1.82) is 0 Å². The highest BCUT2D eigenvalue weighted by molar-refractivity contribution is 6.20. The highest BCUT2D eigenvalue weighted by Crippen LogP contribution is 2.45. The molecule has 0 aliphatic rings. The van der Waals surface area contributed by atoms with Gasteiger partial charge in [0.1, 0.15) is 11.6 Å². The van der Waals surface area contributed by atoms with Gasteiger partial charge in [-0.15, -0.1) is 0 Å². The zero-order valence-electron chi connectivity index (χ0n) is 32.3. The number of fused-ring (bicyclic) bond motifs is 8. The fourth-order valence-electron chi connectivity index (χ4n) is 9.68. The summed E-state index contributed by atoms with van der Waals surface area (Å²) < 4.78 is 32.5. The minimum atomic E-state index is -0.250. The first-order chi connectivity index (χ1) is 29.6. The fourth-order valence-corrected chi connectivity index (χ4v) is 9.68. The fraction of sp³-hybridized carbons (Fsp3) is 0. The molecule has 4 heteroatoms. The molecule has 12 rings (SSSR count). The zero-order valence-corrected chi connectivity index (χ0v) is 32.3. The largest absolute Gasteiger partial charge is 0.309 e. The summed E-state index contributed by atoms with van der Waals surface area (Å²) in [4.78, 5) is 0. The van der Waals surface area contributed by atoms with Crippen LogP contribution in [0.4, 0.5) is 8.78 Å². The van der Waals surface area contributed by atoms with Crippen LogP contribution in [0.25, 0.3) is 110 Å². The Labute approximate surface area is 344 Å². The van der Waals surface area contributed by atoms with Gasteiger partial charge in [0.2, 0.25) is 0 Å². The molecule has 2 heterocycles. The highest BCUT2D eigenvalue weighted by atomic mass is 19.1. The van der Waals surface area contributed by atoms with Crippen molar-refractivity contribution >= 4 is 65.2 Å². The minimum absolute atomic E-state index is 0.248. The molecule has 0 amide bonds. The van der Waals surface area contributed by atoms with Crippen LogP contribution in [0.1, 0.15) is 0 Å². The molecule has 0 N–H and O–H groups in total. The first-order valence-corrected chi connectivity index (χ1v) is 20.2. The van der Waals surface area contributed by atoms with Crippen molar-refractivity contribution in [3.05, 3.63) is 218 Å². The van der Waals surface area contributed by atoms with E-state index in [1.165, 1.54) is 67.9 Å². The lowest BCUT2D eigenvalue weighted by Gasteiger charge is -2.16. The van der Waals surface area contributed by atoms with Gasteiger partial charge in [0, 0.05) is 32.9 Å². The number of nitrogens with zero attached hydrogens (tertiary/aromatic N) is 2. The number of halogens is 2. The summed E-state index contributed by atoms with van der Waals surface area (Å²) in [6, 6.07) is 70.2. The molecule has 0 saturated carbocycles. The molecule has 0 spiro atoms. The average molecular weight is 773 g/mol. The van der Waals surface area contributed by atoms with Crippen molar-refractivity contribution < 1.29 is 8.78 Å². The quantitative estimate of drug-likeness (QED) is 0.165. The van der Waals surface area contributed by atoms with E-state index in [0.717, 1.165) is 66.3 Å². The van der Waals surface area contributed by atoms with Crippen LogP contribution < -0.4 is 0 Å². The van der Waals surface area contributed by atoms with Gasteiger partial charge in [-0.1, -0.05) is 127 Å². The zero-order chi connectivity index (χ0) is 39.9. The van der Waals surface area contributed by atoms with Crippen molar-refractivity contribution in [3.8, 4) is 44.8 Å². The summed E-state index contributed by atoms with van der Waals surface area (Å²) >= 11 is 0. The highest BCUT2D eigenvalue weighted by Gasteiger charge is 2.20. The van der Waals surface area contributed by atoms with Gasteiger partial charge in [0.25, 0.3) is 0 Å². The molecule has 10 aromatic carbocycles. The lowest BCUT2D eigenvalue weighted by molar-refractivity contribution is 0.627. The van der Waals surface area contributed by atoms with Gasteiger partial charge < -0.3 is 9.13 Å². The lowest BCUT2D eigenvalue weighted by atomic mass is 9.87. The monoisotopic (exact) mass is 772 g/mol. The van der Waals surface area contributed by atoms with Crippen molar-refractivity contribution in [2.75, 3.05) is 0 Å². The molecule has 0 unspecified atom stereocenters. The van der Waals surface area contributed by atoms with E-state index in [1.807, 2.05) is 24.3 Å². The van der Waals surface area contributed by atoms with E-state index in [1.54, 1.807) is 0 Å². The Balaban J connectivity index is 1.02. The van der Waals surface area contributed by atoms with Crippen molar-refractivity contribution in [2.24, 2.45) is 0 Å². The van der Waals surface area contributed by atoms with Crippen LogP contribution in [0.15, 0.2) is 206 Å². The topological polar surface area (TPSA) is 9.86 Å². The smallest absolute Gasteiger partial charge is 0.123 e. The molecule has 0 radical (unpaired) electrons. The molecule has 0 bridgehead atoms. The number of hydrogen-bond donors (Lipinski definition) is 0. The van der Waals surface area contributed by atoms with E-state index in [-0.39, 0.29) is 11.6 Å². The molecular formula is C56H34F2N2. The summed E-state index contributed by atoms with van der Waals surface area (Å²) in [6.07, 6.45) is 0. The van der Waals surface area contributed by atoms with Crippen molar-refractivity contribution in [1.82, 2.24) is 9.13 Å². The van der Waals surface area contributed by atoms with Gasteiger partial charge in [0.05, 0.1) is 22.1 Å². The van der Waals surface area contributed by atoms with E-state index >= 15 is 0 Å². The van der Waals surface area contributed by atoms with Crippen LogP contribution in [0.3, 0.4) is 0 Å². The molecule has 2 nitrogen and oxygen atoms in total. The Bertz CT molecular complexity index is 3670. The number of rotatable bonds is 5. The van der Waals surface area contributed by atoms with Crippen molar-refractivity contribution in [2.45, 2.75) is 0 Å². The summed E-state index contributed by atoms with van der Waals surface area (Å²) in [5, 5.41) is 9.36. The van der Waals surface area contributed by atoms with E-state index in [4.69, 9.17) is 0 Å². The Hall–Kier alpha value is -7.82. The number of para-hydroxylation sites is 2. The van der Waals surface area contributed by atoms with Crippen LogP contribution in [0.2, 0.25) is 0 Å². The molecule has 0 fully saturated rings. The maximum atomic E-state index is 14.1. The Morgan fingerprint density at radius 3 is 1.27 bits per heavy atom. The van der Waals surface area contributed by atoms with E-state index < -0.39 is 0 Å². The normalized spacial score (nSPS) is 11.8. The predicted octanol–water partition coefficient (Wildman–Crippen LogP) is 15.5.